The second-order valence-corrected chi connectivity index (χ2v) is 13.4. The van der Waals surface area contributed by atoms with Gasteiger partial charge in [-0.15, -0.1) is 0 Å². The zero-order chi connectivity index (χ0) is 28.1. The van der Waals surface area contributed by atoms with Crippen molar-refractivity contribution in [3.63, 3.8) is 0 Å². The molecule has 39 heavy (non-hydrogen) atoms. The van der Waals surface area contributed by atoms with Crippen molar-refractivity contribution in [2.24, 2.45) is 11.3 Å². The van der Waals surface area contributed by atoms with Gasteiger partial charge in [-0.3, -0.25) is 9.59 Å². The molecule has 4 N–H and O–H groups in total. The van der Waals surface area contributed by atoms with Crippen LogP contribution in [-0.4, -0.2) is 41.7 Å². The van der Waals surface area contributed by atoms with Gasteiger partial charge in [-0.05, 0) is 72.8 Å². The molecule has 2 fully saturated rings. The molecule has 210 valence electrons. The summed E-state index contributed by atoms with van der Waals surface area (Å²) in [4.78, 5) is 28.1. The van der Waals surface area contributed by atoms with E-state index in [4.69, 9.17) is 23.2 Å². The van der Waals surface area contributed by atoms with E-state index in [0.717, 1.165) is 25.7 Å². The zero-order valence-corrected chi connectivity index (χ0v) is 24.0. The van der Waals surface area contributed by atoms with Crippen molar-refractivity contribution in [3.05, 3.63) is 63.4 Å². The van der Waals surface area contributed by atoms with Crippen LogP contribution in [0.1, 0.15) is 69.9 Å². The number of aliphatic hydroxyl groups excluding tert-OH is 1. The Morgan fingerprint density at radius 1 is 1.15 bits per heavy atom. The van der Waals surface area contributed by atoms with Crippen molar-refractivity contribution in [2.75, 3.05) is 11.9 Å². The standard InChI is InChI=1S/C30H36Cl2FN3O3/c1-29(2,3)14-23-30(20-12-9-17(31)13-22(20)35-28(30)39)24(19-5-4-6-21(32)25(19)33)26(36-23)27(38)34-15-16-7-10-18(37)11-8-16/h4-6,9,12-13,16,18,23-24,26,36-37H,7-8,10-11,14-15H2,1-3H3,(H,34,38)(H,35,39). The van der Waals surface area contributed by atoms with E-state index in [1.165, 1.54) is 6.07 Å². The summed E-state index contributed by atoms with van der Waals surface area (Å²) in [5.74, 6) is -1.80. The van der Waals surface area contributed by atoms with E-state index in [0.29, 0.717) is 29.2 Å². The molecule has 0 bridgehead atoms. The van der Waals surface area contributed by atoms with Crippen LogP contribution in [0.3, 0.4) is 0 Å². The van der Waals surface area contributed by atoms with Crippen molar-refractivity contribution in [1.29, 1.82) is 0 Å². The smallest absolute Gasteiger partial charge is 0.237 e. The summed E-state index contributed by atoms with van der Waals surface area (Å²) in [6.07, 6.45) is 3.38. The lowest BCUT2D eigenvalue weighted by atomic mass is 9.62. The molecule has 2 aromatic carbocycles. The lowest BCUT2D eigenvalue weighted by molar-refractivity contribution is -0.124. The fraction of sp³-hybridized carbons (Fsp3) is 0.533. The van der Waals surface area contributed by atoms with Crippen molar-refractivity contribution >= 4 is 40.7 Å². The van der Waals surface area contributed by atoms with Gasteiger partial charge in [-0.2, -0.15) is 0 Å². The van der Waals surface area contributed by atoms with Gasteiger partial charge in [0, 0.05) is 29.2 Å². The minimum Gasteiger partial charge on any atom is -0.393 e. The first-order valence-corrected chi connectivity index (χ1v) is 14.4. The Morgan fingerprint density at radius 3 is 2.56 bits per heavy atom. The molecule has 0 aromatic heterocycles. The van der Waals surface area contributed by atoms with Crippen LogP contribution in [0.15, 0.2) is 36.4 Å². The lowest BCUT2D eigenvalue weighted by Crippen LogP contribution is -2.49. The van der Waals surface area contributed by atoms with Crippen molar-refractivity contribution in [3.8, 4) is 0 Å². The maximum Gasteiger partial charge on any atom is 0.237 e. The molecule has 2 amide bonds. The number of hydrogen-bond acceptors (Lipinski definition) is 4. The van der Waals surface area contributed by atoms with Gasteiger partial charge in [0.05, 0.1) is 17.2 Å². The van der Waals surface area contributed by atoms with Crippen LogP contribution in [0.2, 0.25) is 10.0 Å². The first kappa shape index (κ1) is 28.3. The number of carbonyl (C=O) groups excluding carboxylic acids is 2. The highest BCUT2D eigenvalue weighted by Crippen LogP contribution is 2.57. The molecule has 4 atom stereocenters. The second-order valence-electron chi connectivity index (χ2n) is 12.5. The molecule has 1 saturated carbocycles. The largest absolute Gasteiger partial charge is 0.393 e. The maximum atomic E-state index is 15.8. The van der Waals surface area contributed by atoms with Crippen LogP contribution in [0, 0.1) is 17.2 Å². The predicted octanol–water partition coefficient (Wildman–Crippen LogP) is 5.55. The number of aliphatic hydroxyl groups is 1. The number of carbonyl (C=O) groups is 2. The normalized spacial score (nSPS) is 30.3. The molecular weight excluding hydrogens is 540 g/mol. The minimum absolute atomic E-state index is 0.0587. The minimum atomic E-state index is -1.27. The van der Waals surface area contributed by atoms with Gasteiger partial charge in [-0.25, -0.2) is 4.39 Å². The third kappa shape index (κ3) is 5.19. The van der Waals surface area contributed by atoms with E-state index >= 15 is 4.39 Å². The Bertz CT molecular complexity index is 1270. The van der Waals surface area contributed by atoms with Gasteiger partial charge in [0.25, 0.3) is 0 Å². The molecule has 2 heterocycles. The van der Waals surface area contributed by atoms with Gasteiger partial charge >= 0.3 is 0 Å². The summed E-state index contributed by atoms with van der Waals surface area (Å²) >= 11 is 12.5. The summed E-state index contributed by atoms with van der Waals surface area (Å²) < 4.78 is 15.8. The zero-order valence-electron chi connectivity index (χ0n) is 22.5. The van der Waals surface area contributed by atoms with E-state index in [-0.39, 0.29) is 39.8 Å². The number of halogens is 3. The Hall–Kier alpha value is -2.19. The third-order valence-corrected chi connectivity index (χ3v) is 9.13. The highest BCUT2D eigenvalue weighted by Gasteiger charge is 2.66. The second kappa shape index (κ2) is 10.7. The molecule has 9 heteroatoms. The molecule has 5 rings (SSSR count). The van der Waals surface area contributed by atoms with Crippen molar-refractivity contribution in [2.45, 2.75) is 82.4 Å². The number of benzene rings is 2. The summed E-state index contributed by atoms with van der Waals surface area (Å²) in [5.41, 5.74) is 0.0222. The molecule has 0 radical (unpaired) electrons. The maximum absolute atomic E-state index is 15.8. The number of fused-ring (bicyclic) bond motifs is 2. The van der Waals surface area contributed by atoms with E-state index in [1.807, 2.05) is 6.07 Å². The molecular formula is C30H36Cl2FN3O3. The Kier molecular flexibility index (Phi) is 7.74. The SMILES string of the molecule is CC(C)(C)CC1NC(C(=O)NCC2CCC(O)CC2)C(c2cccc(Cl)c2F)C12C(=O)Nc1cc(Cl)ccc12. The van der Waals surface area contributed by atoms with Gasteiger partial charge in [-0.1, -0.05) is 62.2 Å². The van der Waals surface area contributed by atoms with Crippen LogP contribution >= 0.6 is 23.2 Å². The fourth-order valence-electron chi connectivity index (χ4n) is 6.86. The van der Waals surface area contributed by atoms with Crippen molar-refractivity contribution in [1.82, 2.24) is 10.6 Å². The average molecular weight is 577 g/mol. The first-order chi connectivity index (χ1) is 18.4. The average Bonchev–Trinajstić information content (AvgIpc) is 3.34. The van der Waals surface area contributed by atoms with Crippen LogP contribution in [0.5, 0.6) is 0 Å². The Balaban J connectivity index is 1.61. The molecule has 1 spiro atoms. The lowest BCUT2D eigenvalue weighted by Gasteiger charge is -2.37. The number of amides is 2. The molecule has 4 unspecified atom stereocenters. The predicted molar refractivity (Wildman–Crippen MR) is 152 cm³/mol. The van der Waals surface area contributed by atoms with E-state index in [2.05, 4.69) is 36.7 Å². The molecule has 3 aliphatic rings. The van der Waals surface area contributed by atoms with Gasteiger partial charge in [0.2, 0.25) is 11.8 Å². The quantitative estimate of drug-likeness (QED) is 0.376. The molecule has 2 aliphatic heterocycles. The van der Waals surface area contributed by atoms with E-state index in [9.17, 15) is 14.7 Å². The van der Waals surface area contributed by atoms with Crippen LogP contribution in [0.25, 0.3) is 0 Å². The first-order valence-electron chi connectivity index (χ1n) is 13.7. The molecule has 1 saturated heterocycles. The highest BCUT2D eigenvalue weighted by atomic mass is 35.5. The molecule has 6 nitrogen and oxygen atoms in total. The number of rotatable bonds is 5. The summed E-state index contributed by atoms with van der Waals surface area (Å²) in [7, 11) is 0. The summed E-state index contributed by atoms with van der Waals surface area (Å²) in [6, 6.07) is 8.65. The van der Waals surface area contributed by atoms with Gasteiger partial charge < -0.3 is 21.1 Å². The number of hydrogen-bond donors (Lipinski definition) is 4. The number of anilines is 1. The highest BCUT2D eigenvalue weighted by molar-refractivity contribution is 6.31. The molecule has 2 aromatic rings. The Morgan fingerprint density at radius 2 is 1.87 bits per heavy atom. The summed E-state index contributed by atoms with van der Waals surface area (Å²) in [5, 5.41) is 19.9. The van der Waals surface area contributed by atoms with Crippen LogP contribution in [0.4, 0.5) is 10.1 Å². The van der Waals surface area contributed by atoms with Crippen LogP contribution in [-0.2, 0) is 15.0 Å². The van der Waals surface area contributed by atoms with Crippen LogP contribution < -0.4 is 16.0 Å². The molecule has 1 aliphatic carbocycles. The number of nitrogens with one attached hydrogen (secondary N) is 3. The topological polar surface area (TPSA) is 90.5 Å². The van der Waals surface area contributed by atoms with Crippen molar-refractivity contribution < 1.29 is 19.1 Å². The van der Waals surface area contributed by atoms with Gasteiger partial charge in [0.1, 0.15) is 11.2 Å². The Labute approximate surface area is 239 Å². The fourth-order valence-corrected chi connectivity index (χ4v) is 7.21. The monoisotopic (exact) mass is 575 g/mol. The summed E-state index contributed by atoms with van der Waals surface area (Å²) in [6.45, 7) is 6.71. The van der Waals surface area contributed by atoms with E-state index < -0.39 is 29.2 Å². The van der Waals surface area contributed by atoms with E-state index in [1.54, 1.807) is 24.3 Å². The van der Waals surface area contributed by atoms with Gasteiger partial charge in [0.15, 0.2) is 0 Å². The third-order valence-electron chi connectivity index (χ3n) is 8.60.